The van der Waals surface area contributed by atoms with Gasteiger partial charge in [-0.2, -0.15) is 0 Å². The molecule has 0 saturated heterocycles. The van der Waals surface area contributed by atoms with Gasteiger partial charge in [0, 0.05) is 20.4 Å². The van der Waals surface area contributed by atoms with Crippen molar-refractivity contribution >= 4 is 42.4 Å². The van der Waals surface area contributed by atoms with E-state index in [4.69, 9.17) is 10.5 Å². The molecule has 0 bridgehead atoms. The maximum Gasteiger partial charge on any atom is 0.120 e. The van der Waals surface area contributed by atoms with Gasteiger partial charge in [-0.15, -0.1) is 4.91 Å². The topological polar surface area (TPSA) is 39.4 Å². The second kappa shape index (κ2) is 21.0. The fraction of sp³-hybridized carbons (Fsp3) is 0. The Morgan fingerprint density at radius 3 is 0.780 bits per heavy atom. The Kier molecular flexibility index (Phi) is 17.6. The van der Waals surface area contributed by atoms with Gasteiger partial charge in [-0.1, -0.05) is 162 Å². The number of rotatable bonds is 5. The molecule has 1 fully saturated rings. The average Bonchev–Trinajstić information content (AvgIpc) is 3.65. The van der Waals surface area contributed by atoms with Gasteiger partial charge < -0.3 is 6.66 Å². The number of hydrogen-bond acceptors (Lipinski definition) is 1. The van der Waals surface area contributed by atoms with Gasteiger partial charge in [-0.05, 0) is 55.9 Å². The molecule has 5 aromatic carbocycles. The molecule has 7 radical (unpaired) electrons. The van der Waals surface area contributed by atoms with E-state index in [0.29, 0.717) is 0 Å². The molecule has 0 aliphatic heterocycles. The third-order valence-electron chi connectivity index (χ3n) is 5.73. The van der Waals surface area contributed by atoms with Crippen LogP contribution in [0.15, 0.2) is 152 Å². The van der Waals surface area contributed by atoms with E-state index in [1.54, 1.807) is 0 Å². The predicted molar refractivity (Wildman–Crippen MR) is 177 cm³/mol. The van der Waals surface area contributed by atoms with Gasteiger partial charge >= 0.3 is 0 Å². The molecule has 2 nitrogen and oxygen atoms in total. The molecule has 5 heteroatoms. The van der Waals surface area contributed by atoms with Crippen molar-refractivity contribution in [3.05, 3.63) is 195 Å². The van der Waals surface area contributed by atoms with Crippen LogP contribution in [0, 0.1) is 43.7 Å². The van der Waals surface area contributed by atoms with Crippen LogP contribution >= 0.6 is 15.8 Å². The normalized spacial score (nSPS) is 11.5. The van der Waals surface area contributed by atoms with Crippen LogP contribution in [0.1, 0.15) is 0 Å². The molecule has 0 amide bonds. The van der Waals surface area contributed by atoms with Gasteiger partial charge in [-0.25, -0.2) is 7.92 Å². The van der Waals surface area contributed by atoms with Crippen molar-refractivity contribution in [1.29, 1.82) is 0 Å². The molecule has 205 valence electrons. The Hall–Kier alpha value is -2.78. The van der Waals surface area contributed by atoms with Crippen molar-refractivity contribution in [2.75, 3.05) is 0 Å². The summed E-state index contributed by atoms with van der Waals surface area (Å²) in [4.78, 5) is 7.25. The fourth-order valence-electron chi connectivity index (χ4n) is 3.86. The first-order chi connectivity index (χ1) is 19.8. The Bertz CT molecular complexity index is 1170. The molecular formula is C36H32NOP2Re-. The second-order valence-electron chi connectivity index (χ2n) is 8.40. The van der Waals surface area contributed by atoms with Crippen molar-refractivity contribution in [2.45, 2.75) is 0 Å². The summed E-state index contributed by atoms with van der Waals surface area (Å²) in [5.41, 5.74) is 5.75. The summed E-state index contributed by atoms with van der Waals surface area (Å²) in [5.74, 6) is 0. The predicted octanol–water partition coefficient (Wildman–Crippen LogP) is 6.93. The summed E-state index contributed by atoms with van der Waals surface area (Å²) in [7, 11) is -0.867. The van der Waals surface area contributed by atoms with E-state index in [0.717, 1.165) is 0 Å². The van der Waals surface area contributed by atoms with Crippen LogP contribution in [-0.2, 0) is 20.4 Å². The summed E-state index contributed by atoms with van der Waals surface area (Å²) in [6, 6.07) is 53.3. The quantitative estimate of drug-likeness (QED) is 0.142. The third kappa shape index (κ3) is 11.9. The number of benzene rings is 5. The van der Waals surface area contributed by atoms with Crippen molar-refractivity contribution in [3.63, 3.8) is 0 Å². The SMILES string of the molecule is [CH2-]P(c1ccccc1)c1ccccc1.[CH]1[CH][CH][CH][CH]1.[N]=O.[Re].c1ccc(P(c2ccccc2)c2ccccc2)cc1. The van der Waals surface area contributed by atoms with Crippen molar-refractivity contribution in [1.82, 2.24) is 5.59 Å². The Morgan fingerprint density at radius 1 is 0.366 bits per heavy atom. The molecule has 1 saturated carbocycles. The Labute approximate surface area is 262 Å². The Balaban J connectivity index is 0.000000234. The smallest absolute Gasteiger partial charge is 0.120 e. The Morgan fingerprint density at radius 2 is 0.561 bits per heavy atom. The second-order valence-corrected chi connectivity index (χ2v) is 12.5. The minimum Gasteiger partial charge on any atom is -0.308 e. The first-order valence-corrected chi connectivity index (χ1v) is 15.7. The van der Waals surface area contributed by atoms with Crippen LogP contribution < -0.4 is 32.1 Å². The first-order valence-electron chi connectivity index (χ1n) is 12.8. The summed E-state index contributed by atoms with van der Waals surface area (Å²) in [5, 5.41) is 6.85. The van der Waals surface area contributed by atoms with E-state index in [1.807, 2.05) is 44.2 Å². The zero-order chi connectivity index (χ0) is 28.3. The fourth-order valence-corrected chi connectivity index (χ4v) is 7.53. The minimum absolute atomic E-state index is 0. The van der Waals surface area contributed by atoms with Crippen molar-refractivity contribution in [2.24, 2.45) is 0 Å². The van der Waals surface area contributed by atoms with Crippen LogP contribution in [-0.4, -0.2) is 0 Å². The zero-order valence-corrected chi connectivity index (χ0v) is 27.2. The number of nitroso groups, excluding NO2 is 1. The summed E-state index contributed by atoms with van der Waals surface area (Å²) in [6.45, 7) is 4.24. The van der Waals surface area contributed by atoms with E-state index >= 15 is 0 Å². The van der Waals surface area contributed by atoms with E-state index < -0.39 is 15.8 Å². The monoisotopic (exact) mass is 743 g/mol. The molecule has 0 aromatic heterocycles. The van der Waals surface area contributed by atoms with Gasteiger partial charge in [0.2, 0.25) is 0 Å². The van der Waals surface area contributed by atoms with Crippen molar-refractivity contribution < 1.29 is 20.4 Å². The molecule has 0 heterocycles. The molecular weight excluding hydrogens is 711 g/mol. The van der Waals surface area contributed by atoms with Gasteiger partial charge in [0.05, 0.1) is 0 Å². The maximum atomic E-state index is 7.25. The van der Waals surface area contributed by atoms with Gasteiger partial charge in [0.15, 0.2) is 0 Å². The average molecular weight is 743 g/mol. The largest absolute Gasteiger partial charge is 0.308 e. The van der Waals surface area contributed by atoms with Crippen LogP contribution in [0.4, 0.5) is 0 Å². The minimum atomic E-state index is -0.446. The zero-order valence-electron chi connectivity index (χ0n) is 22.7. The van der Waals surface area contributed by atoms with E-state index in [9.17, 15) is 0 Å². The van der Waals surface area contributed by atoms with Crippen LogP contribution in [0.3, 0.4) is 0 Å². The van der Waals surface area contributed by atoms with Crippen molar-refractivity contribution in [3.8, 4) is 0 Å². The molecule has 1 aliphatic carbocycles. The van der Waals surface area contributed by atoms with Crippen LogP contribution in [0.2, 0.25) is 0 Å². The van der Waals surface area contributed by atoms with Crippen LogP contribution in [0.5, 0.6) is 0 Å². The van der Waals surface area contributed by atoms with Crippen LogP contribution in [0.25, 0.3) is 0 Å². The molecule has 0 atom stereocenters. The molecule has 5 aromatic rings. The summed E-state index contributed by atoms with van der Waals surface area (Å²) >= 11 is 0. The van der Waals surface area contributed by atoms with E-state index in [1.165, 1.54) is 26.5 Å². The standard InChI is InChI=1S/C18H15P.C13H12P.C5H5.NO.Re/c1-4-10-16(11-5-1)19(17-12-6-2-7-13-17)18-14-8-3-9-15-18;1-14(12-8-4-2-5-9-12)13-10-6-3-7-11-13;1-2-4-5-3-1;1-2;/h1-15H;2-11H,1H2;1-5H;;/q;-1;;;. The molecule has 0 spiro atoms. The summed E-state index contributed by atoms with van der Waals surface area (Å²) in [6.07, 6.45) is 10.0. The van der Waals surface area contributed by atoms with Gasteiger partial charge in [-0.3, -0.25) is 0 Å². The molecule has 1 aliphatic rings. The molecule has 0 N–H and O–H groups in total. The molecule has 41 heavy (non-hydrogen) atoms. The molecule has 6 rings (SSSR count). The third-order valence-corrected chi connectivity index (χ3v) is 10.0. The first kappa shape index (κ1) is 34.4. The number of hydrogen-bond donors (Lipinski definition) is 0. The number of nitrogens with zero attached hydrogens (tertiary/aromatic N) is 1. The van der Waals surface area contributed by atoms with Gasteiger partial charge in [0.1, 0.15) is 5.59 Å². The maximum absolute atomic E-state index is 7.25. The molecule has 0 unspecified atom stereocenters. The van der Waals surface area contributed by atoms with E-state index in [2.05, 4.69) is 146 Å². The van der Waals surface area contributed by atoms with E-state index in [-0.39, 0.29) is 20.4 Å². The summed E-state index contributed by atoms with van der Waals surface area (Å²) < 4.78 is 0. The van der Waals surface area contributed by atoms with Gasteiger partial charge in [0.25, 0.3) is 0 Å².